The molecule has 2 rings (SSSR count). The van der Waals surface area contributed by atoms with Gasteiger partial charge in [-0.05, 0) is 19.4 Å². The van der Waals surface area contributed by atoms with Crippen molar-refractivity contribution in [3.05, 3.63) is 23.2 Å². The van der Waals surface area contributed by atoms with Crippen LogP contribution in [0.4, 0.5) is 0 Å². The molecule has 0 aliphatic carbocycles. The Morgan fingerprint density at radius 2 is 1.92 bits per heavy atom. The molecule has 0 aromatic carbocycles. The van der Waals surface area contributed by atoms with Gasteiger partial charge in [-0.3, -0.25) is 14.6 Å². The molecule has 1 N–H and O–H groups in total. The van der Waals surface area contributed by atoms with E-state index in [-0.39, 0.29) is 11.7 Å². The molecule has 1 aromatic rings. The molecule has 1 saturated heterocycles. The van der Waals surface area contributed by atoms with Crippen LogP contribution in [0.25, 0.3) is 0 Å². The topological polar surface area (TPSA) is 75.0 Å². The number of furan rings is 1. The smallest absolute Gasteiger partial charge is 0.374 e. The van der Waals surface area contributed by atoms with Gasteiger partial charge in [-0.2, -0.15) is 0 Å². The summed E-state index contributed by atoms with van der Waals surface area (Å²) in [5.41, 5.74) is 0.796. The molecule has 140 valence electrons. The number of hydrogen-bond acceptors (Lipinski definition) is 6. The zero-order valence-electron chi connectivity index (χ0n) is 15.5. The van der Waals surface area contributed by atoms with E-state index in [1.54, 1.807) is 0 Å². The van der Waals surface area contributed by atoms with Crippen molar-refractivity contribution >= 4 is 11.9 Å². The maximum Gasteiger partial charge on any atom is 0.374 e. The number of aryl methyl sites for hydroxylation is 1. The third-order valence-electron chi connectivity index (χ3n) is 4.40. The number of ether oxygens (including phenoxy) is 1. The highest BCUT2D eigenvalue weighted by atomic mass is 16.5. The second kappa shape index (κ2) is 9.58. The molecular formula is C18H29N3O4. The summed E-state index contributed by atoms with van der Waals surface area (Å²) in [6.07, 6.45) is 2.11. The van der Waals surface area contributed by atoms with Crippen molar-refractivity contribution in [1.29, 1.82) is 0 Å². The molecule has 1 aliphatic heterocycles. The van der Waals surface area contributed by atoms with E-state index in [0.717, 1.165) is 56.9 Å². The van der Waals surface area contributed by atoms with Crippen LogP contribution in [0.2, 0.25) is 0 Å². The van der Waals surface area contributed by atoms with Crippen molar-refractivity contribution in [2.75, 3.05) is 46.4 Å². The van der Waals surface area contributed by atoms with E-state index in [1.807, 2.05) is 13.0 Å². The molecule has 7 heteroatoms. The quantitative estimate of drug-likeness (QED) is 0.564. The Bertz CT molecular complexity index is 577. The molecule has 0 bridgehead atoms. The Morgan fingerprint density at radius 1 is 1.24 bits per heavy atom. The number of rotatable bonds is 8. The van der Waals surface area contributed by atoms with E-state index in [0.29, 0.717) is 13.1 Å². The van der Waals surface area contributed by atoms with Gasteiger partial charge in [0.2, 0.25) is 11.7 Å². The fourth-order valence-electron chi connectivity index (χ4n) is 2.91. The van der Waals surface area contributed by atoms with Crippen LogP contribution in [0, 0.1) is 6.92 Å². The first kappa shape index (κ1) is 19.5. The zero-order chi connectivity index (χ0) is 18.2. The van der Waals surface area contributed by atoms with E-state index in [9.17, 15) is 9.59 Å². The van der Waals surface area contributed by atoms with Gasteiger partial charge in [0.15, 0.2) is 0 Å². The van der Waals surface area contributed by atoms with Gasteiger partial charge in [0.25, 0.3) is 0 Å². The summed E-state index contributed by atoms with van der Waals surface area (Å²) >= 11 is 0. The van der Waals surface area contributed by atoms with Crippen molar-refractivity contribution in [3.63, 3.8) is 0 Å². The van der Waals surface area contributed by atoms with Crippen LogP contribution in [0.1, 0.15) is 41.6 Å². The van der Waals surface area contributed by atoms with Crippen molar-refractivity contribution in [2.45, 2.75) is 33.2 Å². The van der Waals surface area contributed by atoms with Gasteiger partial charge in [-0.15, -0.1) is 0 Å². The number of esters is 1. The second-order valence-electron chi connectivity index (χ2n) is 6.47. The van der Waals surface area contributed by atoms with E-state index in [2.05, 4.69) is 22.0 Å². The van der Waals surface area contributed by atoms with Gasteiger partial charge in [0.1, 0.15) is 5.76 Å². The minimum Gasteiger partial charge on any atom is -0.463 e. The monoisotopic (exact) mass is 351 g/mol. The second-order valence-corrected chi connectivity index (χ2v) is 6.47. The average molecular weight is 351 g/mol. The predicted octanol–water partition coefficient (Wildman–Crippen LogP) is 1.41. The Kier molecular flexibility index (Phi) is 7.46. The number of carbonyl (C=O) groups is 2. The molecule has 0 spiro atoms. The van der Waals surface area contributed by atoms with E-state index < -0.39 is 5.97 Å². The maximum absolute atomic E-state index is 11.9. The summed E-state index contributed by atoms with van der Waals surface area (Å²) in [6, 6.07) is 1.89. The first-order valence-electron chi connectivity index (χ1n) is 8.92. The van der Waals surface area contributed by atoms with Gasteiger partial charge in [-0.25, -0.2) is 4.79 Å². The Morgan fingerprint density at radius 3 is 2.56 bits per heavy atom. The van der Waals surface area contributed by atoms with Crippen LogP contribution >= 0.6 is 0 Å². The van der Waals surface area contributed by atoms with E-state index in [1.165, 1.54) is 7.11 Å². The number of unbranched alkanes of at least 4 members (excludes halogenated alkanes) is 1. The van der Waals surface area contributed by atoms with Gasteiger partial charge in [0, 0.05) is 38.3 Å². The number of carbonyl (C=O) groups excluding carboxylic acids is 2. The maximum atomic E-state index is 11.9. The van der Waals surface area contributed by atoms with E-state index >= 15 is 0 Å². The SMILES string of the molecule is CCCCNC(=O)CN1CCN(Cc2cc(C)c(C(=O)OC)o2)CC1. The van der Waals surface area contributed by atoms with Crippen LogP contribution < -0.4 is 5.32 Å². The molecular weight excluding hydrogens is 322 g/mol. The minimum atomic E-state index is -0.442. The molecule has 1 fully saturated rings. The summed E-state index contributed by atoms with van der Waals surface area (Å²) in [5, 5.41) is 2.95. The number of hydrogen-bond donors (Lipinski definition) is 1. The summed E-state index contributed by atoms with van der Waals surface area (Å²) in [5.74, 6) is 0.706. The average Bonchev–Trinajstić information content (AvgIpc) is 2.96. The highest BCUT2D eigenvalue weighted by Crippen LogP contribution is 2.18. The molecule has 0 saturated carbocycles. The lowest BCUT2D eigenvalue weighted by molar-refractivity contribution is -0.122. The molecule has 1 aromatic heterocycles. The van der Waals surface area contributed by atoms with E-state index in [4.69, 9.17) is 9.15 Å². The van der Waals surface area contributed by atoms with Crippen molar-refractivity contribution in [1.82, 2.24) is 15.1 Å². The van der Waals surface area contributed by atoms with Gasteiger partial charge >= 0.3 is 5.97 Å². The van der Waals surface area contributed by atoms with Crippen LogP contribution in [0.5, 0.6) is 0 Å². The van der Waals surface area contributed by atoms with Crippen LogP contribution in [-0.4, -0.2) is 68.1 Å². The number of amides is 1. The number of piperazine rings is 1. The Hall–Kier alpha value is -1.86. The predicted molar refractivity (Wildman–Crippen MR) is 94.4 cm³/mol. The molecule has 1 aliphatic rings. The molecule has 1 amide bonds. The van der Waals surface area contributed by atoms with Crippen LogP contribution in [-0.2, 0) is 16.1 Å². The van der Waals surface area contributed by atoms with Gasteiger partial charge in [0.05, 0.1) is 20.2 Å². The number of nitrogens with zero attached hydrogens (tertiary/aromatic N) is 2. The molecule has 2 heterocycles. The third kappa shape index (κ3) is 5.86. The van der Waals surface area contributed by atoms with Crippen LogP contribution in [0.15, 0.2) is 10.5 Å². The Labute approximate surface area is 149 Å². The lowest BCUT2D eigenvalue weighted by atomic mass is 10.2. The minimum absolute atomic E-state index is 0.103. The first-order chi connectivity index (χ1) is 12.0. The summed E-state index contributed by atoms with van der Waals surface area (Å²) in [4.78, 5) is 27.9. The molecule has 0 unspecified atom stereocenters. The largest absolute Gasteiger partial charge is 0.463 e. The highest BCUT2D eigenvalue weighted by molar-refractivity contribution is 5.87. The van der Waals surface area contributed by atoms with Crippen molar-refractivity contribution < 1.29 is 18.7 Å². The fourth-order valence-corrected chi connectivity index (χ4v) is 2.91. The Balaban J connectivity index is 1.75. The first-order valence-corrected chi connectivity index (χ1v) is 8.92. The zero-order valence-corrected chi connectivity index (χ0v) is 15.5. The van der Waals surface area contributed by atoms with Crippen molar-refractivity contribution in [3.8, 4) is 0 Å². The molecule has 0 radical (unpaired) electrons. The summed E-state index contributed by atoms with van der Waals surface area (Å²) < 4.78 is 10.3. The molecule has 0 atom stereocenters. The number of methoxy groups -OCH3 is 1. The van der Waals surface area contributed by atoms with Crippen molar-refractivity contribution in [2.24, 2.45) is 0 Å². The number of nitrogens with one attached hydrogen (secondary N) is 1. The third-order valence-corrected chi connectivity index (χ3v) is 4.40. The summed E-state index contributed by atoms with van der Waals surface area (Å²) in [6.45, 7) is 9.28. The molecule has 25 heavy (non-hydrogen) atoms. The molecule has 7 nitrogen and oxygen atoms in total. The normalized spacial score (nSPS) is 16.0. The standard InChI is InChI=1S/C18H29N3O4/c1-4-5-6-19-16(22)13-21-9-7-20(8-10-21)12-15-11-14(2)17(25-15)18(23)24-3/h11H,4-10,12-13H2,1-3H3,(H,19,22). The van der Waals surface area contributed by atoms with Gasteiger partial charge < -0.3 is 14.5 Å². The van der Waals surface area contributed by atoms with Crippen LogP contribution in [0.3, 0.4) is 0 Å². The summed E-state index contributed by atoms with van der Waals surface area (Å²) in [7, 11) is 1.35. The van der Waals surface area contributed by atoms with Gasteiger partial charge in [-0.1, -0.05) is 13.3 Å². The lowest BCUT2D eigenvalue weighted by Gasteiger charge is -2.33. The highest BCUT2D eigenvalue weighted by Gasteiger charge is 2.21. The lowest BCUT2D eigenvalue weighted by Crippen LogP contribution is -2.49. The fraction of sp³-hybridized carbons (Fsp3) is 0.667.